The molecule has 0 aromatic carbocycles. The number of carboxylic acids is 1. The van der Waals surface area contributed by atoms with Crippen LogP contribution in [0.3, 0.4) is 0 Å². The minimum Gasteiger partial charge on any atom is -0.542 e. The summed E-state index contributed by atoms with van der Waals surface area (Å²) in [7, 11) is 0. The van der Waals surface area contributed by atoms with E-state index < -0.39 is 12.1 Å². The maximum Gasteiger partial charge on any atom is 0.430 e. The molecule has 0 saturated carbocycles. The number of unbranched alkanes of at least 4 members (excludes halogenated alkanes) is 12. The van der Waals surface area contributed by atoms with Gasteiger partial charge in [-0.3, -0.25) is 0 Å². The number of aromatic nitrogens is 1. The van der Waals surface area contributed by atoms with Crippen molar-refractivity contribution in [3.8, 4) is 0 Å². The third-order valence-electron chi connectivity index (χ3n) is 7.53. The van der Waals surface area contributed by atoms with E-state index in [1.165, 1.54) is 138 Å². The Labute approximate surface area is 235 Å². The molecular formula is C33H52F3NO2. The Balaban J connectivity index is 0.000000956. The van der Waals surface area contributed by atoms with Gasteiger partial charge >= 0.3 is 6.18 Å². The number of carbonyl (C=O) groups is 1. The number of hydrogen-bond donors (Lipinski definition) is 0. The first-order valence-corrected chi connectivity index (χ1v) is 15.3. The lowest BCUT2D eigenvalue weighted by atomic mass is 9.93. The van der Waals surface area contributed by atoms with Gasteiger partial charge in [-0.05, 0) is 44.6 Å². The monoisotopic (exact) mass is 551 g/mol. The van der Waals surface area contributed by atoms with Crippen LogP contribution in [0.4, 0.5) is 13.2 Å². The highest BCUT2D eigenvalue weighted by Gasteiger charge is 2.29. The number of alkyl halides is 3. The zero-order valence-corrected chi connectivity index (χ0v) is 24.9. The van der Waals surface area contributed by atoms with Gasteiger partial charge in [-0.15, -0.1) is 0 Å². The van der Waals surface area contributed by atoms with Gasteiger partial charge in [0.15, 0.2) is 11.4 Å². The molecule has 0 amide bonds. The summed E-state index contributed by atoms with van der Waals surface area (Å²) >= 11 is 0. The van der Waals surface area contributed by atoms with E-state index >= 15 is 0 Å². The molecule has 1 aromatic rings. The zero-order valence-electron chi connectivity index (χ0n) is 24.9. The van der Waals surface area contributed by atoms with Crippen molar-refractivity contribution in [3.63, 3.8) is 0 Å². The summed E-state index contributed by atoms with van der Waals surface area (Å²) in [5, 5.41) is 8.78. The standard InChI is InChI=1S/C31H52N.C2HF3O2/c1-5-7-9-11-13-15-17-19-23-29-27(3)30(24-20-18-16-14-12-10-8-6-2)31-25-21-22-26-32(31)28(29)4;3-2(4,5)1(6)7/h19-20,23-24H,5-18,21-22,25-26H2,1-4H3;(H,6,7)/q+1;/p-1/b23-19-,24-20-;. The topological polar surface area (TPSA) is 44.0 Å². The van der Waals surface area contributed by atoms with Gasteiger partial charge < -0.3 is 9.90 Å². The fourth-order valence-corrected chi connectivity index (χ4v) is 5.21. The van der Waals surface area contributed by atoms with E-state index in [9.17, 15) is 13.2 Å². The number of halogens is 3. The molecule has 1 aliphatic heterocycles. The molecule has 0 aliphatic carbocycles. The van der Waals surface area contributed by atoms with Crippen LogP contribution in [0.2, 0.25) is 0 Å². The number of aliphatic carboxylic acids is 1. The van der Waals surface area contributed by atoms with E-state index in [-0.39, 0.29) is 0 Å². The lowest BCUT2D eigenvalue weighted by Gasteiger charge is -2.19. The molecule has 222 valence electrons. The molecular weight excluding hydrogens is 499 g/mol. The predicted octanol–water partition coefficient (Wildman–Crippen LogP) is 8.75. The molecule has 1 aromatic heterocycles. The first kappa shape index (κ1) is 34.9. The van der Waals surface area contributed by atoms with Gasteiger partial charge in [-0.1, -0.05) is 102 Å². The highest BCUT2D eigenvalue weighted by molar-refractivity contribution is 5.70. The number of pyridine rings is 1. The van der Waals surface area contributed by atoms with Crippen LogP contribution in [0.1, 0.15) is 145 Å². The molecule has 2 rings (SSSR count). The van der Waals surface area contributed by atoms with Gasteiger partial charge in [0.25, 0.3) is 0 Å². The van der Waals surface area contributed by atoms with Gasteiger partial charge in [0, 0.05) is 30.9 Å². The van der Waals surface area contributed by atoms with E-state index in [0.29, 0.717) is 0 Å². The molecule has 0 spiro atoms. The molecule has 1 aliphatic rings. The quantitative estimate of drug-likeness (QED) is 0.152. The van der Waals surface area contributed by atoms with Crippen LogP contribution >= 0.6 is 0 Å². The zero-order chi connectivity index (χ0) is 29.1. The lowest BCUT2D eigenvalue weighted by molar-refractivity contribution is -0.715. The average Bonchev–Trinajstić information content (AvgIpc) is 2.90. The molecule has 39 heavy (non-hydrogen) atoms. The minimum atomic E-state index is -5.19. The van der Waals surface area contributed by atoms with Crippen molar-refractivity contribution in [1.29, 1.82) is 0 Å². The second-order valence-electron chi connectivity index (χ2n) is 10.8. The van der Waals surface area contributed by atoms with E-state index in [1.54, 1.807) is 5.69 Å². The molecule has 0 bridgehead atoms. The van der Waals surface area contributed by atoms with Crippen LogP contribution in [0.5, 0.6) is 0 Å². The van der Waals surface area contributed by atoms with Crippen LogP contribution < -0.4 is 9.67 Å². The minimum absolute atomic E-state index is 1.19. The van der Waals surface area contributed by atoms with Crippen molar-refractivity contribution in [3.05, 3.63) is 40.2 Å². The van der Waals surface area contributed by atoms with Crippen LogP contribution in [-0.4, -0.2) is 12.1 Å². The number of fused-ring (bicyclic) bond motifs is 1. The highest BCUT2D eigenvalue weighted by Crippen LogP contribution is 2.26. The Morgan fingerprint density at radius 1 is 0.795 bits per heavy atom. The van der Waals surface area contributed by atoms with E-state index in [1.807, 2.05) is 0 Å². The molecule has 0 radical (unpaired) electrons. The Kier molecular flexibility index (Phi) is 17.8. The van der Waals surface area contributed by atoms with Gasteiger partial charge in [0.05, 0.1) is 0 Å². The lowest BCUT2D eigenvalue weighted by Crippen LogP contribution is -2.46. The average molecular weight is 552 g/mol. The van der Waals surface area contributed by atoms with Crippen molar-refractivity contribution >= 4 is 18.1 Å². The van der Waals surface area contributed by atoms with Crippen molar-refractivity contribution in [2.75, 3.05) is 0 Å². The molecule has 3 nitrogen and oxygen atoms in total. The molecule has 0 saturated heterocycles. The largest absolute Gasteiger partial charge is 0.542 e. The van der Waals surface area contributed by atoms with Crippen molar-refractivity contribution in [2.45, 2.75) is 150 Å². The normalized spacial score (nSPS) is 13.5. The van der Waals surface area contributed by atoms with E-state index in [4.69, 9.17) is 9.90 Å². The first-order valence-electron chi connectivity index (χ1n) is 15.3. The molecule has 2 heterocycles. The summed E-state index contributed by atoms with van der Waals surface area (Å²) in [5.41, 5.74) is 7.54. The van der Waals surface area contributed by atoms with Crippen LogP contribution in [-0.2, 0) is 17.8 Å². The summed E-state index contributed by atoms with van der Waals surface area (Å²) in [6.45, 7) is 10.5. The van der Waals surface area contributed by atoms with Crippen molar-refractivity contribution < 1.29 is 27.6 Å². The smallest absolute Gasteiger partial charge is 0.430 e. The third-order valence-corrected chi connectivity index (χ3v) is 7.53. The summed E-state index contributed by atoms with van der Waals surface area (Å²) in [4.78, 5) is 8.78. The van der Waals surface area contributed by atoms with Gasteiger partial charge in [0.2, 0.25) is 0 Å². The molecule has 6 heteroatoms. The summed E-state index contributed by atoms with van der Waals surface area (Å²) in [6.07, 6.45) is 27.5. The number of hydrogen-bond acceptors (Lipinski definition) is 2. The van der Waals surface area contributed by atoms with Crippen LogP contribution in [0.15, 0.2) is 12.2 Å². The highest BCUT2D eigenvalue weighted by atomic mass is 19.4. The van der Waals surface area contributed by atoms with Gasteiger partial charge in [-0.25, -0.2) is 0 Å². The van der Waals surface area contributed by atoms with E-state index in [0.717, 1.165) is 0 Å². The number of rotatable bonds is 16. The number of nitrogens with zero attached hydrogens (tertiary/aromatic N) is 1. The Hall–Kier alpha value is -2.11. The fourth-order valence-electron chi connectivity index (χ4n) is 5.21. The Bertz CT molecular complexity index is 903. The maximum atomic E-state index is 10.5. The Morgan fingerprint density at radius 2 is 1.26 bits per heavy atom. The first-order chi connectivity index (χ1) is 18.6. The van der Waals surface area contributed by atoms with Crippen molar-refractivity contribution in [2.24, 2.45) is 0 Å². The summed E-state index contributed by atoms with van der Waals surface area (Å²) < 4.78 is 34.2. The Morgan fingerprint density at radius 3 is 1.74 bits per heavy atom. The van der Waals surface area contributed by atoms with Crippen LogP contribution in [0, 0.1) is 13.8 Å². The maximum absolute atomic E-state index is 10.5. The third kappa shape index (κ3) is 13.7. The number of carboxylic acid groups (broad SMARTS) is 1. The molecule has 0 N–H and O–H groups in total. The second kappa shape index (κ2) is 19.9. The van der Waals surface area contributed by atoms with Gasteiger partial charge in [-0.2, -0.15) is 17.7 Å². The summed E-state index contributed by atoms with van der Waals surface area (Å²) in [5.74, 6) is -3.01. The predicted molar refractivity (Wildman–Crippen MR) is 154 cm³/mol. The number of carbonyl (C=O) groups excluding carboxylic acids is 1. The molecule has 0 unspecified atom stereocenters. The van der Waals surface area contributed by atoms with Gasteiger partial charge in [0.1, 0.15) is 12.5 Å². The molecule has 0 fully saturated rings. The second-order valence-corrected chi connectivity index (χ2v) is 10.8. The summed E-state index contributed by atoms with van der Waals surface area (Å²) in [6, 6.07) is 0. The van der Waals surface area contributed by atoms with E-state index in [2.05, 4.69) is 56.6 Å². The van der Waals surface area contributed by atoms with Crippen molar-refractivity contribution in [1.82, 2.24) is 0 Å². The number of allylic oxidation sites excluding steroid dienone is 2. The fraction of sp³-hybridized carbons (Fsp3) is 0.697. The molecule has 0 atom stereocenters. The van der Waals surface area contributed by atoms with Crippen LogP contribution in [0.25, 0.3) is 12.2 Å². The SMILES string of the molecule is CCCCCCCC/C=C\c1c(C)c(/C=C\CCCCCCCC)c2[n+](c1C)CCCC2.O=C([O-])C(F)(F)F.